The molecule has 3 nitrogen and oxygen atoms in total. The zero-order valence-corrected chi connectivity index (χ0v) is 11.2. The summed E-state index contributed by atoms with van der Waals surface area (Å²) in [6.45, 7) is 0. The van der Waals surface area contributed by atoms with E-state index in [2.05, 4.69) is 16.6 Å². The van der Waals surface area contributed by atoms with Gasteiger partial charge in [-0.2, -0.15) is 0 Å². The monoisotopic (exact) mass is 262 g/mol. The van der Waals surface area contributed by atoms with Gasteiger partial charge in [0.1, 0.15) is 0 Å². The molecule has 0 aromatic carbocycles. The molecular weight excluding hydrogens is 244 g/mol. The van der Waals surface area contributed by atoms with Crippen molar-refractivity contribution in [2.45, 2.75) is 38.5 Å². The second kappa shape index (κ2) is 5.14. The average Bonchev–Trinajstić information content (AvgIpc) is 3.07. The van der Waals surface area contributed by atoms with Crippen molar-refractivity contribution < 1.29 is 4.52 Å². The Morgan fingerprint density at radius 2 is 2.22 bits per heavy atom. The average molecular weight is 262 g/mol. The van der Waals surface area contributed by atoms with Gasteiger partial charge in [-0.3, -0.25) is 0 Å². The second-order valence-electron chi connectivity index (χ2n) is 5.03. The molecule has 1 aliphatic rings. The Kier molecular flexibility index (Phi) is 3.37. The molecule has 1 aliphatic carbocycles. The number of hydrogen-bond acceptors (Lipinski definition) is 4. The fourth-order valence-corrected chi connectivity index (χ4v) is 3.63. The van der Waals surface area contributed by atoms with Gasteiger partial charge in [-0.05, 0) is 30.2 Å². The molecule has 0 atom stereocenters. The van der Waals surface area contributed by atoms with Crippen LogP contribution < -0.4 is 5.73 Å². The predicted molar refractivity (Wildman–Crippen MR) is 74.5 cm³/mol. The maximum Gasteiger partial charge on any atom is 0.231 e. The number of nitrogen functional groups attached to an aromatic ring is 1. The van der Waals surface area contributed by atoms with Gasteiger partial charge in [0.2, 0.25) is 5.88 Å². The van der Waals surface area contributed by atoms with Crippen LogP contribution in [0.25, 0.3) is 10.4 Å². The lowest BCUT2D eigenvalue weighted by atomic mass is 9.99. The summed E-state index contributed by atoms with van der Waals surface area (Å²) < 4.78 is 5.17. The quantitative estimate of drug-likeness (QED) is 0.902. The van der Waals surface area contributed by atoms with Gasteiger partial charge in [-0.1, -0.05) is 36.9 Å². The van der Waals surface area contributed by atoms with Crippen molar-refractivity contribution in [3.05, 3.63) is 23.2 Å². The van der Waals surface area contributed by atoms with Crippen molar-refractivity contribution >= 4 is 17.2 Å². The van der Waals surface area contributed by atoms with Crippen LogP contribution in [0.5, 0.6) is 0 Å². The molecule has 2 aromatic rings. The smallest absolute Gasteiger partial charge is 0.231 e. The molecule has 2 heterocycles. The zero-order chi connectivity index (χ0) is 12.4. The Balaban J connectivity index is 1.76. The minimum Gasteiger partial charge on any atom is -0.367 e. The van der Waals surface area contributed by atoms with Gasteiger partial charge in [0, 0.05) is 4.88 Å². The van der Waals surface area contributed by atoms with Crippen LogP contribution in [0.2, 0.25) is 0 Å². The first kappa shape index (κ1) is 11.8. The second-order valence-corrected chi connectivity index (χ2v) is 5.98. The molecule has 2 aromatic heterocycles. The maximum absolute atomic E-state index is 5.89. The van der Waals surface area contributed by atoms with Gasteiger partial charge >= 0.3 is 0 Å². The van der Waals surface area contributed by atoms with E-state index in [0.717, 1.165) is 28.5 Å². The molecule has 96 valence electrons. The van der Waals surface area contributed by atoms with Crippen LogP contribution in [0, 0.1) is 5.92 Å². The molecule has 0 aliphatic heterocycles. The van der Waals surface area contributed by atoms with Crippen LogP contribution >= 0.6 is 11.3 Å². The Morgan fingerprint density at radius 3 is 2.94 bits per heavy atom. The topological polar surface area (TPSA) is 52.0 Å². The molecule has 1 fully saturated rings. The summed E-state index contributed by atoms with van der Waals surface area (Å²) in [5, 5.41) is 6.20. The maximum atomic E-state index is 5.89. The third kappa shape index (κ3) is 2.29. The number of thiophene rings is 1. The van der Waals surface area contributed by atoms with Crippen LogP contribution in [-0.4, -0.2) is 5.16 Å². The van der Waals surface area contributed by atoms with Crippen molar-refractivity contribution in [1.29, 1.82) is 0 Å². The van der Waals surface area contributed by atoms with Crippen LogP contribution in [0.1, 0.15) is 37.8 Å². The lowest BCUT2D eigenvalue weighted by Gasteiger charge is -2.07. The van der Waals surface area contributed by atoms with Gasteiger partial charge in [0.15, 0.2) is 0 Å². The molecule has 0 bridgehead atoms. The number of nitrogens with zero attached hydrogens (tertiary/aromatic N) is 1. The van der Waals surface area contributed by atoms with E-state index in [1.54, 1.807) is 11.3 Å². The summed E-state index contributed by atoms with van der Waals surface area (Å²) in [5.74, 6) is 1.33. The first-order valence-corrected chi connectivity index (χ1v) is 7.50. The largest absolute Gasteiger partial charge is 0.367 e. The Bertz CT molecular complexity index is 498. The lowest BCUT2D eigenvalue weighted by Crippen LogP contribution is -1.98. The van der Waals surface area contributed by atoms with Gasteiger partial charge in [-0.25, -0.2) is 0 Å². The molecule has 0 unspecified atom stereocenters. The van der Waals surface area contributed by atoms with Crippen molar-refractivity contribution in [2.24, 2.45) is 5.92 Å². The number of anilines is 1. The molecule has 18 heavy (non-hydrogen) atoms. The van der Waals surface area contributed by atoms with E-state index < -0.39 is 0 Å². The molecule has 4 heteroatoms. The highest BCUT2D eigenvalue weighted by atomic mass is 32.1. The van der Waals surface area contributed by atoms with Crippen LogP contribution in [0.3, 0.4) is 0 Å². The van der Waals surface area contributed by atoms with E-state index in [-0.39, 0.29) is 0 Å². The summed E-state index contributed by atoms with van der Waals surface area (Å²) >= 11 is 1.69. The molecule has 1 saturated carbocycles. The molecule has 3 rings (SSSR count). The molecule has 0 saturated heterocycles. The van der Waals surface area contributed by atoms with Crippen molar-refractivity contribution in [2.75, 3.05) is 5.73 Å². The highest BCUT2D eigenvalue weighted by Gasteiger charge is 2.20. The highest BCUT2D eigenvalue weighted by molar-refractivity contribution is 7.13. The van der Waals surface area contributed by atoms with E-state index in [9.17, 15) is 0 Å². The molecule has 2 N–H and O–H groups in total. The Morgan fingerprint density at radius 1 is 1.39 bits per heavy atom. The third-order valence-electron chi connectivity index (χ3n) is 3.82. The Labute approximate surface area is 111 Å². The van der Waals surface area contributed by atoms with E-state index in [1.165, 1.54) is 32.1 Å². The SMILES string of the molecule is Nc1onc(CCC2CCCC2)c1-c1cccs1. The summed E-state index contributed by atoms with van der Waals surface area (Å²) in [5.41, 5.74) is 7.94. The van der Waals surface area contributed by atoms with Crippen molar-refractivity contribution in [1.82, 2.24) is 5.16 Å². The summed E-state index contributed by atoms with van der Waals surface area (Å²) in [6, 6.07) is 4.11. The van der Waals surface area contributed by atoms with Crippen molar-refractivity contribution in [3.63, 3.8) is 0 Å². The van der Waals surface area contributed by atoms with Crippen LogP contribution in [-0.2, 0) is 6.42 Å². The van der Waals surface area contributed by atoms with Crippen LogP contribution in [0.4, 0.5) is 5.88 Å². The third-order valence-corrected chi connectivity index (χ3v) is 4.71. The zero-order valence-electron chi connectivity index (χ0n) is 10.4. The summed E-state index contributed by atoms with van der Waals surface area (Å²) in [4.78, 5) is 1.16. The number of rotatable bonds is 4. The summed E-state index contributed by atoms with van der Waals surface area (Å²) in [6.07, 6.45) is 7.74. The van der Waals surface area contributed by atoms with Gasteiger partial charge in [0.05, 0.1) is 11.3 Å². The standard InChI is InChI=1S/C14H18N2OS/c15-14-13(12-6-3-9-18-12)11(16-17-14)8-7-10-4-1-2-5-10/h3,6,9-10H,1-2,4-5,7-8,15H2. The summed E-state index contributed by atoms with van der Waals surface area (Å²) in [7, 11) is 0. The van der Waals surface area contributed by atoms with E-state index >= 15 is 0 Å². The van der Waals surface area contributed by atoms with Crippen LogP contribution in [0.15, 0.2) is 22.0 Å². The first-order chi connectivity index (χ1) is 8.84. The fraction of sp³-hybridized carbons (Fsp3) is 0.500. The first-order valence-electron chi connectivity index (χ1n) is 6.62. The fourth-order valence-electron chi connectivity index (χ4n) is 2.83. The van der Waals surface area contributed by atoms with E-state index in [0.29, 0.717) is 5.88 Å². The van der Waals surface area contributed by atoms with Crippen molar-refractivity contribution in [3.8, 4) is 10.4 Å². The minimum absolute atomic E-state index is 0.457. The number of aromatic nitrogens is 1. The van der Waals surface area contributed by atoms with E-state index in [1.807, 2.05) is 6.07 Å². The normalized spacial score (nSPS) is 16.4. The predicted octanol–water partition coefficient (Wildman–Crippen LogP) is 4.11. The molecule has 0 spiro atoms. The number of aryl methyl sites for hydroxylation is 1. The highest BCUT2D eigenvalue weighted by Crippen LogP contribution is 2.35. The molecular formula is C14H18N2OS. The Hall–Kier alpha value is -1.29. The molecule has 0 amide bonds. The van der Waals surface area contributed by atoms with Gasteiger partial charge in [0.25, 0.3) is 0 Å². The minimum atomic E-state index is 0.457. The van der Waals surface area contributed by atoms with E-state index in [4.69, 9.17) is 10.3 Å². The lowest BCUT2D eigenvalue weighted by molar-refractivity contribution is 0.419. The number of hydrogen-bond donors (Lipinski definition) is 1. The van der Waals surface area contributed by atoms with Gasteiger partial charge in [-0.15, -0.1) is 11.3 Å². The number of nitrogens with two attached hydrogens (primary N) is 1. The molecule has 0 radical (unpaired) electrons. The van der Waals surface area contributed by atoms with Gasteiger partial charge < -0.3 is 10.3 Å².